The van der Waals surface area contributed by atoms with Gasteiger partial charge in [-0.2, -0.15) is 11.8 Å². The zero-order valence-electron chi connectivity index (χ0n) is 23.5. The van der Waals surface area contributed by atoms with E-state index in [9.17, 15) is 14.7 Å². The minimum atomic E-state index is -1.09. The number of para-hydroxylation sites is 2. The zero-order chi connectivity index (χ0) is 29.1. The number of carbonyl (C=O) groups is 2. The number of benzene rings is 4. The highest BCUT2D eigenvalue weighted by Crippen LogP contribution is 2.36. The number of carbonyl (C=O) groups excluding carboxylic acids is 1. The number of hydrogen-bond donors (Lipinski definition) is 2. The van der Waals surface area contributed by atoms with Crippen molar-refractivity contribution in [1.82, 2.24) is 5.32 Å². The lowest BCUT2D eigenvalue weighted by atomic mass is 9.98. The number of thioether (sulfide) groups is 1. The molecule has 0 aliphatic rings. The number of fused-ring (bicyclic) bond motifs is 3. The molecule has 210 valence electrons. The van der Waals surface area contributed by atoms with Gasteiger partial charge in [-0.15, -0.1) is 0 Å². The van der Waals surface area contributed by atoms with Crippen LogP contribution in [0.15, 0.2) is 95.4 Å². The molecule has 0 bridgehead atoms. The second-order valence-corrected chi connectivity index (χ2v) is 12.4. The van der Waals surface area contributed by atoms with Gasteiger partial charge in [0.25, 0.3) is 0 Å². The Balaban J connectivity index is 1.24. The SMILES string of the molecule is CC(SCc1ccc(-c2ccc(-c3cccc4c3oc3ccccc34)cc2)cc1)[C@H](NC(=O)OC(C)(C)C)C(=O)O. The maximum absolute atomic E-state index is 12.1. The number of ether oxygens (including phenoxy) is 1. The zero-order valence-corrected chi connectivity index (χ0v) is 24.3. The molecule has 2 N–H and O–H groups in total. The van der Waals surface area contributed by atoms with Crippen LogP contribution in [0.1, 0.15) is 33.3 Å². The summed E-state index contributed by atoms with van der Waals surface area (Å²) in [6.45, 7) is 7.01. The molecule has 1 unspecified atom stereocenters. The molecular weight excluding hydrogens is 534 g/mol. The van der Waals surface area contributed by atoms with Crippen LogP contribution in [-0.2, 0) is 15.3 Å². The molecule has 6 nitrogen and oxygen atoms in total. The number of carboxylic acids is 1. The summed E-state index contributed by atoms with van der Waals surface area (Å²) in [7, 11) is 0. The molecule has 0 radical (unpaired) electrons. The highest BCUT2D eigenvalue weighted by molar-refractivity contribution is 7.99. The molecule has 7 heteroatoms. The summed E-state index contributed by atoms with van der Waals surface area (Å²) < 4.78 is 11.4. The highest BCUT2D eigenvalue weighted by Gasteiger charge is 2.29. The molecule has 4 aromatic carbocycles. The Labute approximate surface area is 243 Å². The van der Waals surface area contributed by atoms with E-state index < -0.39 is 23.7 Å². The van der Waals surface area contributed by atoms with Gasteiger partial charge in [-0.05, 0) is 49.1 Å². The summed E-state index contributed by atoms with van der Waals surface area (Å²) in [6.07, 6.45) is -0.734. The van der Waals surface area contributed by atoms with Crippen LogP contribution >= 0.6 is 11.8 Å². The van der Waals surface area contributed by atoms with E-state index in [1.807, 2.05) is 18.2 Å². The van der Waals surface area contributed by atoms with E-state index in [2.05, 4.69) is 78.1 Å². The average molecular weight is 568 g/mol. The quantitative estimate of drug-likeness (QED) is 0.195. The van der Waals surface area contributed by atoms with Gasteiger partial charge in [-0.1, -0.05) is 91.9 Å². The Hall–Kier alpha value is -4.23. The third kappa shape index (κ3) is 6.57. The minimum Gasteiger partial charge on any atom is -0.480 e. The lowest BCUT2D eigenvalue weighted by molar-refractivity contribution is -0.139. The number of aliphatic carboxylic acids is 1. The average Bonchev–Trinajstić information content (AvgIpc) is 3.33. The summed E-state index contributed by atoms with van der Waals surface area (Å²) in [5, 5.41) is 14.0. The first-order valence-electron chi connectivity index (χ1n) is 13.5. The second-order valence-electron chi connectivity index (χ2n) is 11.0. The summed E-state index contributed by atoms with van der Waals surface area (Å²) >= 11 is 1.47. The van der Waals surface area contributed by atoms with Crippen molar-refractivity contribution in [2.24, 2.45) is 0 Å². The number of furan rings is 1. The van der Waals surface area contributed by atoms with Crippen molar-refractivity contribution >= 4 is 45.8 Å². The van der Waals surface area contributed by atoms with Gasteiger partial charge in [0.05, 0.1) is 0 Å². The van der Waals surface area contributed by atoms with Gasteiger partial charge in [0, 0.05) is 27.3 Å². The standard InChI is InChI=1S/C34H33NO5S/c1-21(30(32(36)37)35-33(38)40-34(2,3)4)41-20-22-12-14-23(15-13-22)24-16-18-25(19-17-24)26-9-7-10-28-27-8-5-6-11-29(27)39-31(26)28/h5-19,21,30H,20H2,1-4H3,(H,35,38)(H,36,37)/t21?,30-/m0/s1. The molecule has 2 atom stereocenters. The fourth-order valence-electron chi connectivity index (χ4n) is 4.75. The van der Waals surface area contributed by atoms with Crippen molar-refractivity contribution in [3.05, 3.63) is 96.6 Å². The summed E-state index contributed by atoms with van der Waals surface area (Å²) in [5.41, 5.74) is 6.50. The van der Waals surface area contributed by atoms with Crippen molar-refractivity contribution in [3.8, 4) is 22.3 Å². The molecule has 1 aromatic heterocycles. The third-order valence-electron chi connectivity index (χ3n) is 6.81. The molecule has 5 aromatic rings. The number of hydrogen-bond acceptors (Lipinski definition) is 5. The fourth-order valence-corrected chi connectivity index (χ4v) is 5.77. The third-order valence-corrected chi connectivity index (χ3v) is 8.11. The molecule has 41 heavy (non-hydrogen) atoms. The first kappa shape index (κ1) is 28.3. The topological polar surface area (TPSA) is 88.8 Å². The molecule has 5 rings (SSSR count). The van der Waals surface area contributed by atoms with E-state index in [1.54, 1.807) is 27.7 Å². The number of amides is 1. The van der Waals surface area contributed by atoms with Crippen LogP contribution in [0.3, 0.4) is 0 Å². The lowest BCUT2D eigenvalue weighted by Crippen LogP contribution is -2.48. The normalized spacial score (nSPS) is 13.2. The van der Waals surface area contributed by atoms with Gasteiger partial charge in [0.1, 0.15) is 22.8 Å². The van der Waals surface area contributed by atoms with Crippen molar-refractivity contribution in [3.63, 3.8) is 0 Å². The predicted molar refractivity (Wildman–Crippen MR) is 166 cm³/mol. The Morgan fingerprint density at radius 2 is 1.46 bits per heavy atom. The van der Waals surface area contributed by atoms with E-state index in [0.717, 1.165) is 49.8 Å². The van der Waals surface area contributed by atoms with Crippen LogP contribution in [0.4, 0.5) is 4.79 Å². The van der Waals surface area contributed by atoms with Gasteiger partial charge >= 0.3 is 12.1 Å². The number of rotatable bonds is 8. The minimum absolute atomic E-state index is 0.358. The molecule has 1 heterocycles. The smallest absolute Gasteiger partial charge is 0.408 e. The molecule has 0 fully saturated rings. The van der Waals surface area contributed by atoms with E-state index in [4.69, 9.17) is 9.15 Å². The summed E-state index contributed by atoms with van der Waals surface area (Å²) in [5.74, 6) is -0.479. The van der Waals surface area contributed by atoms with E-state index in [0.29, 0.717) is 5.75 Å². The molecule has 0 spiro atoms. The largest absolute Gasteiger partial charge is 0.480 e. The van der Waals surface area contributed by atoms with Crippen molar-refractivity contribution < 1.29 is 23.8 Å². The first-order chi connectivity index (χ1) is 19.6. The van der Waals surface area contributed by atoms with Crippen LogP contribution in [0.2, 0.25) is 0 Å². The van der Waals surface area contributed by atoms with Gasteiger partial charge in [-0.3, -0.25) is 0 Å². The van der Waals surface area contributed by atoms with Crippen LogP contribution in [0, 0.1) is 0 Å². The Bertz CT molecular complexity index is 1680. The maximum Gasteiger partial charge on any atom is 0.408 e. The molecule has 0 saturated heterocycles. The van der Waals surface area contributed by atoms with Crippen molar-refractivity contribution in [2.75, 3.05) is 0 Å². The Morgan fingerprint density at radius 3 is 2.12 bits per heavy atom. The van der Waals surface area contributed by atoms with Crippen LogP contribution < -0.4 is 5.32 Å². The van der Waals surface area contributed by atoms with Crippen LogP contribution in [0.25, 0.3) is 44.2 Å². The van der Waals surface area contributed by atoms with Gasteiger partial charge < -0.3 is 19.6 Å². The lowest BCUT2D eigenvalue weighted by Gasteiger charge is -2.24. The molecule has 0 saturated carbocycles. The van der Waals surface area contributed by atoms with Crippen molar-refractivity contribution in [1.29, 1.82) is 0 Å². The Kier molecular flexibility index (Phi) is 8.08. The molecule has 0 aliphatic carbocycles. The van der Waals surface area contributed by atoms with Gasteiger partial charge in [0.2, 0.25) is 0 Å². The number of nitrogens with one attached hydrogen (secondary N) is 1. The summed E-state index contributed by atoms with van der Waals surface area (Å²) in [4.78, 5) is 23.9. The van der Waals surface area contributed by atoms with Crippen LogP contribution in [-0.4, -0.2) is 34.1 Å². The monoisotopic (exact) mass is 567 g/mol. The molecule has 0 aliphatic heterocycles. The van der Waals surface area contributed by atoms with Crippen molar-refractivity contribution in [2.45, 2.75) is 50.3 Å². The number of alkyl carbamates (subject to hydrolysis) is 1. The summed E-state index contributed by atoms with van der Waals surface area (Å²) in [6, 6.07) is 30.0. The predicted octanol–water partition coefficient (Wildman–Crippen LogP) is 8.52. The van der Waals surface area contributed by atoms with E-state index >= 15 is 0 Å². The van der Waals surface area contributed by atoms with E-state index in [1.165, 1.54) is 11.8 Å². The fraction of sp³-hybridized carbons (Fsp3) is 0.235. The van der Waals surface area contributed by atoms with Gasteiger partial charge in [0.15, 0.2) is 0 Å². The molecule has 1 amide bonds. The second kappa shape index (κ2) is 11.7. The highest BCUT2D eigenvalue weighted by atomic mass is 32.2. The van der Waals surface area contributed by atoms with Crippen LogP contribution in [0.5, 0.6) is 0 Å². The first-order valence-corrected chi connectivity index (χ1v) is 14.6. The van der Waals surface area contributed by atoms with E-state index in [-0.39, 0.29) is 5.25 Å². The Morgan fingerprint density at radius 1 is 0.854 bits per heavy atom. The maximum atomic E-state index is 12.1. The van der Waals surface area contributed by atoms with Gasteiger partial charge in [-0.25, -0.2) is 9.59 Å². The number of carboxylic acid groups (broad SMARTS) is 1. The molecular formula is C34H33NO5S.